The molecule has 6 heteroatoms. The molecule has 0 spiro atoms. The van der Waals surface area contributed by atoms with Crippen molar-refractivity contribution in [1.29, 1.82) is 0 Å². The molecule has 1 unspecified atom stereocenters. The molecule has 0 radical (unpaired) electrons. The van der Waals surface area contributed by atoms with Crippen molar-refractivity contribution in [3.05, 3.63) is 22.7 Å². The SMILES string of the molecule is CCC1CC(=O)N(C(=O)c2nc(C(C)C)ncc2Cl)C1. The molecule has 0 bridgehead atoms. The molecule has 0 aromatic carbocycles. The van der Waals surface area contributed by atoms with E-state index in [-0.39, 0.29) is 28.5 Å². The lowest BCUT2D eigenvalue weighted by Crippen LogP contribution is -2.33. The van der Waals surface area contributed by atoms with Gasteiger partial charge in [0.1, 0.15) is 5.82 Å². The minimum atomic E-state index is -0.416. The van der Waals surface area contributed by atoms with E-state index in [9.17, 15) is 9.59 Å². The molecule has 1 saturated heterocycles. The fourth-order valence-corrected chi connectivity index (χ4v) is 2.36. The van der Waals surface area contributed by atoms with Crippen LogP contribution < -0.4 is 0 Å². The maximum Gasteiger partial charge on any atom is 0.280 e. The summed E-state index contributed by atoms with van der Waals surface area (Å²) < 4.78 is 0. The van der Waals surface area contributed by atoms with Crippen LogP contribution in [-0.2, 0) is 4.79 Å². The van der Waals surface area contributed by atoms with Gasteiger partial charge in [-0.2, -0.15) is 0 Å². The molecule has 5 nitrogen and oxygen atoms in total. The van der Waals surface area contributed by atoms with Crippen molar-refractivity contribution < 1.29 is 9.59 Å². The highest BCUT2D eigenvalue weighted by molar-refractivity contribution is 6.33. The molecule has 2 rings (SSSR count). The Labute approximate surface area is 123 Å². The number of amides is 2. The molecule has 2 amide bonds. The number of hydrogen-bond donors (Lipinski definition) is 0. The molecule has 0 saturated carbocycles. The van der Waals surface area contributed by atoms with Crippen LogP contribution in [0.3, 0.4) is 0 Å². The largest absolute Gasteiger partial charge is 0.280 e. The molecule has 1 aromatic heterocycles. The Bertz CT molecular complexity index is 545. The van der Waals surface area contributed by atoms with Crippen molar-refractivity contribution in [3.63, 3.8) is 0 Å². The molecule has 20 heavy (non-hydrogen) atoms. The van der Waals surface area contributed by atoms with Crippen LogP contribution in [0.5, 0.6) is 0 Å². The van der Waals surface area contributed by atoms with Crippen LogP contribution in [0.1, 0.15) is 55.8 Å². The predicted octanol–water partition coefficient (Wildman–Crippen LogP) is 2.65. The Balaban J connectivity index is 2.29. The zero-order chi connectivity index (χ0) is 14.9. The van der Waals surface area contributed by atoms with Gasteiger partial charge in [-0.3, -0.25) is 14.5 Å². The van der Waals surface area contributed by atoms with Gasteiger partial charge in [-0.05, 0) is 5.92 Å². The lowest BCUT2D eigenvalue weighted by molar-refractivity contribution is -0.125. The van der Waals surface area contributed by atoms with E-state index in [1.165, 1.54) is 11.1 Å². The summed E-state index contributed by atoms with van der Waals surface area (Å²) in [6.45, 7) is 6.34. The molecule has 0 aliphatic carbocycles. The standard InChI is InChI=1S/C14H18ClN3O2/c1-4-9-5-11(19)18(7-9)14(20)12-10(15)6-16-13(17-12)8(2)3/h6,8-9H,4-5,7H2,1-3H3. The second kappa shape index (κ2) is 5.87. The van der Waals surface area contributed by atoms with Crippen molar-refractivity contribution in [2.45, 2.75) is 39.5 Å². The highest BCUT2D eigenvalue weighted by Crippen LogP contribution is 2.24. The fraction of sp³-hybridized carbons (Fsp3) is 0.571. The summed E-state index contributed by atoms with van der Waals surface area (Å²) in [4.78, 5) is 33.9. The maximum atomic E-state index is 12.4. The number of likely N-dealkylation sites (tertiary alicyclic amines) is 1. The first-order valence-corrected chi connectivity index (χ1v) is 7.19. The summed E-state index contributed by atoms with van der Waals surface area (Å²) in [6, 6.07) is 0. The minimum absolute atomic E-state index is 0.0940. The third kappa shape index (κ3) is 2.82. The summed E-state index contributed by atoms with van der Waals surface area (Å²) in [5.41, 5.74) is 0.121. The van der Waals surface area contributed by atoms with Crippen molar-refractivity contribution in [1.82, 2.24) is 14.9 Å². The van der Waals surface area contributed by atoms with E-state index in [0.717, 1.165) is 6.42 Å². The molecular formula is C14H18ClN3O2. The highest BCUT2D eigenvalue weighted by atomic mass is 35.5. The molecule has 1 aliphatic rings. The molecule has 1 fully saturated rings. The van der Waals surface area contributed by atoms with Gasteiger partial charge in [0.05, 0.1) is 11.2 Å². The van der Waals surface area contributed by atoms with Crippen LogP contribution in [0.4, 0.5) is 0 Å². The summed E-state index contributed by atoms with van der Waals surface area (Å²) in [5.74, 6) is 0.312. The van der Waals surface area contributed by atoms with Gasteiger partial charge in [-0.25, -0.2) is 9.97 Å². The minimum Gasteiger partial charge on any atom is -0.277 e. The first-order chi connectivity index (χ1) is 9.43. The van der Waals surface area contributed by atoms with Crippen LogP contribution in [0.2, 0.25) is 5.02 Å². The molecule has 1 atom stereocenters. The number of carbonyl (C=O) groups is 2. The van der Waals surface area contributed by atoms with E-state index < -0.39 is 5.91 Å². The average molecular weight is 296 g/mol. The molecule has 1 aliphatic heterocycles. The smallest absolute Gasteiger partial charge is 0.277 e. The summed E-state index contributed by atoms with van der Waals surface area (Å²) in [5, 5.41) is 0.187. The Morgan fingerprint density at radius 2 is 2.25 bits per heavy atom. The van der Waals surface area contributed by atoms with Gasteiger partial charge in [0.25, 0.3) is 5.91 Å². The average Bonchev–Trinajstić information content (AvgIpc) is 2.79. The molecule has 1 aromatic rings. The first kappa shape index (κ1) is 14.9. The van der Waals surface area contributed by atoms with Crippen molar-refractivity contribution in [3.8, 4) is 0 Å². The van der Waals surface area contributed by atoms with Crippen LogP contribution in [0.15, 0.2) is 6.20 Å². The van der Waals surface area contributed by atoms with Crippen LogP contribution in [0, 0.1) is 5.92 Å². The maximum absolute atomic E-state index is 12.4. The van der Waals surface area contributed by atoms with Crippen molar-refractivity contribution >= 4 is 23.4 Å². The Morgan fingerprint density at radius 1 is 1.55 bits per heavy atom. The van der Waals surface area contributed by atoms with E-state index in [1.807, 2.05) is 20.8 Å². The lowest BCUT2D eigenvalue weighted by Gasteiger charge is -2.15. The van der Waals surface area contributed by atoms with Gasteiger partial charge in [0, 0.05) is 18.9 Å². The van der Waals surface area contributed by atoms with Crippen molar-refractivity contribution in [2.75, 3.05) is 6.54 Å². The van der Waals surface area contributed by atoms with Crippen LogP contribution in [0.25, 0.3) is 0 Å². The number of halogens is 1. The Kier molecular flexibility index (Phi) is 4.38. The van der Waals surface area contributed by atoms with Gasteiger partial charge in [-0.1, -0.05) is 38.8 Å². The first-order valence-electron chi connectivity index (χ1n) is 6.81. The summed E-state index contributed by atoms with van der Waals surface area (Å²) in [6.07, 6.45) is 2.72. The Morgan fingerprint density at radius 3 is 2.80 bits per heavy atom. The quantitative estimate of drug-likeness (QED) is 0.804. The van der Waals surface area contributed by atoms with E-state index >= 15 is 0 Å². The lowest BCUT2D eigenvalue weighted by atomic mass is 10.1. The number of imide groups is 1. The number of rotatable bonds is 3. The van der Waals surface area contributed by atoms with E-state index in [4.69, 9.17) is 11.6 Å². The third-order valence-corrected chi connectivity index (χ3v) is 3.79. The molecule has 0 N–H and O–H groups in total. The van der Waals surface area contributed by atoms with E-state index in [2.05, 4.69) is 9.97 Å². The molecular weight excluding hydrogens is 278 g/mol. The highest BCUT2D eigenvalue weighted by Gasteiger charge is 2.35. The zero-order valence-corrected chi connectivity index (χ0v) is 12.6. The number of carbonyl (C=O) groups excluding carboxylic acids is 2. The van der Waals surface area contributed by atoms with Crippen LogP contribution >= 0.6 is 11.6 Å². The monoisotopic (exact) mass is 295 g/mol. The number of hydrogen-bond acceptors (Lipinski definition) is 4. The normalized spacial score (nSPS) is 18.9. The number of aromatic nitrogens is 2. The van der Waals surface area contributed by atoms with Crippen molar-refractivity contribution in [2.24, 2.45) is 5.92 Å². The summed E-state index contributed by atoms with van der Waals surface area (Å²) in [7, 11) is 0. The predicted molar refractivity (Wildman–Crippen MR) is 75.6 cm³/mol. The van der Waals surface area contributed by atoms with Gasteiger partial charge >= 0.3 is 0 Å². The summed E-state index contributed by atoms with van der Waals surface area (Å²) >= 11 is 6.01. The molecule has 108 valence electrons. The Hall–Kier alpha value is -1.49. The zero-order valence-electron chi connectivity index (χ0n) is 11.9. The third-order valence-electron chi connectivity index (χ3n) is 3.51. The fourth-order valence-electron chi connectivity index (χ4n) is 2.19. The number of nitrogens with zero attached hydrogens (tertiary/aromatic N) is 3. The topological polar surface area (TPSA) is 63.2 Å². The van der Waals surface area contributed by atoms with Gasteiger partial charge in [0.15, 0.2) is 5.69 Å². The van der Waals surface area contributed by atoms with Gasteiger partial charge in [-0.15, -0.1) is 0 Å². The van der Waals surface area contributed by atoms with E-state index in [0.29, 0.717) is 18.8 Å². The van der Waals surface area contributed by atoms with Gasteiger partial charge < -0.3 is 0 Å². The van der Waals surface area contributed by atoms with E-state index in [1.54, 1.807) is 0 Å². The van der Waals surface area contributed by atoms with Gasteiger partial charge in [0.2, 0.25) is 5.91 Å². The second-order valence-corrected chi connectivity index (χ2v) is 5.77. The van der Waals surface area contributed by atoms with Crippen LogP contribution in [-0.4, -0.2) is 33.2 Å². The molecule has 2 heterocycles. The second-order valence-electron chi connectivity index (χ2n) is 5.37.